The van der Waals surface area contributed by atoms with E-state index >= 15 is 0 Å². The first-order chi connectivity index (χ1) is 9.53. The molecule has 0 amide bonds. The van der Waals surface area contributed by atoms with E-state index in [2.05, 4.69) is 22.0 Å². The number of oxime groups is 1. The number of pyridine rings is 1. The highest BCUT2D eigenvalue weighted by Gasteiger charge is 2.14. The third kappa shape index (κ3) is 4.09. The first-order valence-corrected chi connectivity index (χ1v) is 6.71. The van der Waals surface area contributed by atoms with Gasteiger partial charge in [-0.2, -0.15) is 0 Å². The average molecular weight is 280 g/mol. The van der Waals surface area contributed by atoms with Crippen molar-refractivity contribution in [2.24, 2.45) is 10.9 Å². The zero-order valence-electron chi connectivity index (χ0n) is 12.7. The Kier molecular flexibility index (Phi) is 6.24. The van der Waals surface area contributed by atoms with E-state index < -0.39 is 0 Å². The van der Waals surface area contributed by atoms with Gasteiger partial charge in [0.2, 0.25) is 0 Å². The number of hydrogen-bond acceptors (Lipinski definition) is 5. The molecule has 6 heteroatoms. The molecule has 3 N–H and O–H groups in total. The Labute approximate surface area is 120 Å². The van der Waals surface area contributed by atoms with Crippen molar-refractivity contribution in [1.29, 1.82) is 0 Å². The summed E-state index contributed by atoms with van der Waals surface area (Å²) in [6.07, 6.45) is 2.80. The van der Waals surface area contributed by atoms with Crippen molar-refractivity contribution in [3.63, 3.8) is 0 Å². The Balaban J connectivity index is 2.93. The molecular formula is C14H24N4O2. The predicted molar refractivity (Wildman–Crippen MR) is 79.2 cm³/mol. The minimum Gasteiger partial charge on any atom is -0.496 e. The lowest BCUT2D eigenvalue weighted by Crippen LogP contribution is -2.34. The summed E-state index contributed by atoms with van der Waals surface area (Å²) < 4.78 is 5.41. The van der Waals surface area contributed by atoms with E-state index in [9.17, 15) is 0 Å². The Hall–Kier alpha value is -1.82. The summed E-state index contributed by atoms with van der Waals surface area (Å²) in [6, 6.07) is 0. The molecule has 0 atom stereocenters. The summed E-state index contributed by atoms with van der Waals surface area (Å²) in [6.45, 7) is 7.99. The van der Waals surface area contributed by atoms with E-state index in [1.807, 2.05) is 20.0 Å². The van der Waals surface area contributed by atoms with Crippen LogP contribution in [0.2, 0.25) is 0 Å². The fourth-order valence-electron chi connectivity index (χ4n) is 2.23. The van der Waals surface area contributed by atoms with Crippen molar-refractivity contribution >= 4 is 5.84 Å². The van der Waals surface area contributed by atoms with Crippen molar-refractivity contribution in [1.82, 2.24) is 9.88 Å². The van der Waals surface area contributed by atoms with E-state index in [4.69, 9.17) is 15.7 Å². The van der Waals surface area contributed by atoms with Gasteiger partial charge in [-0.1, -0.05) is 12.1 Å². The van der Waals surface area contributed by atoms with Crippen LogP contribution < -0.4 is 10.5 Å². The summed E-state index contributed by atoms with van der Waals surface area (Å²) in [5, 5.41) is 11.7. The van der Waals surface area contributed by atoms with Crippen LogP contribution in [0, 0.1) is 13.8 Å². The van der Waals surface area contributed by atoms with Crippen molar-refractivity contribution < 1.29 is 9.94 Å². The number of aryl methyl sites for hydroxylation is 1. The second-order valence-corrected chi connectivity index (χ2v) is 4.85. The van der Waals surface area contributed by atoms with Gasteiger partial charge in [0.25, 0.3) is 0 Å². The number of hydrogen-bond donors (Lipinski definition) is 2. The van der Waals surface area contributed by atoms with Gasteiger partial charge in [-0.3, -0.25) is 9.88 Å². The number of nitrogens with zero attached hydrogens (tertiary/aromatic N) is 3. The monoisotopic (exact) mass is 280 g/mol. The largest absolute Gasteiger partial charge is 0.496 e. The fraction of sp³-hybridized carbons (Fsp3) is 0.571. The molecule has 0 fully saturated rings. The fourth-order valence-corrected chi connectivity index (χ4v) is 2.23. The molecule has 0 bridgehead atoms. The van der Waals surface area contributed by atoms with Crippen LogP contribution >= 0.6 is 0 Å². The van der Waals surface area contributed by atoms with Gasteiger partial charge in [0.15, 0.2) is 5.84 Å². The number of ether oxygens (including phenoxy) is 1. The third-order valence-corrected chi connectivity index (χ3v) is 3.18. The van der Waals surface area contributed by atoms with E-state index in [1.165, 1.54) is 0 Å². The van der Waals surface area contributed by atoms with Crippen LogP contribution in [0.5, 0.6) is 5.75 Å². The second kappa shape index (κ2) is 7.69. The minimum atomic E-state index is 0.204. The number of rotatable bonds is 7. The SMILES string of the molecule is CCCN(CC(N)=NO)Cc1ncc(C)c(OC)c1C. The summed E-state index contributed by atoms with van der Waals surface area (Å²) >= 11 is 0. The van der Waals surface area contributed by atoms with Gasteiger partial charge < -0.3 is 15.7 Å². The Morgan fingerprint density at radius 3 is 2.75 bits per heavy atom. The molecule has 112 valence electrons. The zero-order valence-corrected chi connectivity index (χ0v) is 12.7. The van der Waals surface area contributed by atoms with Crippen LogP contribution in [-0.4, -0.2) is 41.1 Å². The van der Waals surface area contributed by atoms with Crippen molar-refractivity contribution in [2.45, 2.75) is 33.7 Å². The van der Waals surface area contributed by atoms with Gasteiger partial charge in [-0.15, -0.1) is 0 Å². The molecule has 1 aromatic heterocycles. The molecular weight excluding hydrogens is 256 g/mol. The molecule has 0 unspecified atom stereocenters. The Morgan fingerprint density at radius 1 is 1.50 bits per heavy atom. The lowest BCUT2D eigenvalue weighted by atomic mass is 10.1. The third-order valence-electron chi connectivity index (χ3n) is 3.18. The van der Waals surface area contributed by atoms with Crippen molar-refractivity contribution in [2.75, 3.05) is 20.2 Å². The van der Waals surface area contributed by atoms with Crippen LogP contribution in [0.15, 0.2) is 11.4 Å². The molecule has 20 heavy (non-hydrogen) atoms. The summed E-state index contributed by atoms with van der Waals surface area (Å²) in [7, 11) is 1.67. The molecule has 0 aliphatic rings. The van der Waals surface area contributed by atoms with Crippen LogP contribution in [0.4, 0.5) is 0 Å². The number of aromatic nitrogens is 1. The van der Waals surface area contributed by atoms with Crippen LogP contribution in [0.1, 0.15) is 30.2 Å². The van der Waals surface area contributed by atoms with E-state index in [0.717, 1.165) is 35.5 Å². The van der Waals surface area contributed by atoms with Crippen LogP contribution in [0.25, 0.3) is 0 Å². The van der Waals surface area contributed by atoms with Crippen molar-refractivity contribution in [3.8, 4) is 5.75 Å². The van der Waals surface area contributed by atoms with Gasteiger partial charge in [0.1, 0.15) is 5.75 Å². The zero-order chi connectivity index (χ0) is 15.1. The lowest BCUT2D eigenvalue weighted by molar-refractivity contribution is 0.282. The maximum absolute atomic E-state index is 8.69. The minimum absolute atomic E-state index is 0.204. The van der Waals surface area contributed by atoms with Gasteiger partial charge in [0.05, 0.1) is 19.3 Å². The molecule has 1 rings (SSSR count). The number of amidine groups is 1. The van der Waals surface area contributed by atoms with E-state index in [1.54, 1.807) is 7.11 Å². The highest BCUT2D eigenvalue weighted by Crippen LogP contribution is 2.24. The van der Waals surface area contributed by atoms with Crippen LogP contribution in [0.3, 0.4) is 0 Å². The summed E-state index contributed by atoms with van der Waals surface area (Å²) in [5.74, 6) is 1.07. The maximum atomic E-state index is 8.69. The summed E-state index contributed by atoms with van der Waals surface area (Å²) in [4.78, 5) is 6.57. The van der Waals surface area contributed by atoms with Gasteiger partial charge in [-0.25, -0.2) is 0 Å². The molecule has 0 saturated carbocycles. The lowest BCUT2D eigenvalue weighted by Gasteiger charge is -2.22. The Morgan fingerprint density at radius 2 is 2.20 bits per heavy atom. The molecule has 0 spiro atoms. The van der Waals surface area contributed by atoms with Gasteiger partial charge in [0, 0.05) is 23.9 Å². The Bertz CT molecular complexity index is 474. The topological polar surface area (TPSA) is 84.0 Å². The number of methoxy groups -OCH3 is 1. The average Bonchev–Trinajstić information content (AvgIpc) is 2.42. The quantitative estimate of drug-likeness (QED) is 0.343. The first kappa shape index (κ1) is 16.2. The smallest absolute Gasteiger partial charge is 0.153 e. The molecule has 1 heterocycles. The molecule has 0 radical (unpaired) electrons. The van der Waals surface area contributed by atoms with Gasteiger partial charge in [-0.05, 0) is 26.8 Å². The second-order valence-electron chi connectivity index (χ2n) is 4.85. The normalized spacial score (nSPS) is 11.9. The predicted octanol–water partition coefficient (Wildman–Crippen LogP) is 1.67. The standard InChI is InChI=1S/C14H24N4O2/c1-5-6-18(9-13(15)17-19)8-12-11(3)14(20-4)10(2)7-16-12/h7,19H,5-6,8-9H2,1-4H3,(H2,15,17). The molecule has 0 aliphatic heterocycles. The van der Waals surface area contributed by atoms with E-state index in [-0.39, 0.29) is 5.84 Å². The molecule has 0 aromatic carbocycles. The van der Waals surface area contributed by atoms with Crippen molar-refractivity contribution in [3.05, 3.63) is 23.0 Å². The summed E-state index contributed by atoms with van der Waals surface area (Å²) in [5.41, 5.74) is 8.60. The van der Waals surface area contributed by atoms with Gasteiger partial charge >= 0.3 is 0 Å². The van der Waals surface area contributed by atoms with Crippen LogP contribution in [-0.2, 0) is 6.54 Å². The number of nitrogens with two attached hydrogens (primary N) is 1. The highest BCUT2D eigenvalue weighted by atomic mass is 16.5. The molecule has 0 aliphatic carbocycles. The molecule has 6 nitrogen and oxygen atoms in total. The molecule has 1 aromatic rings. The first-order valence-electron chi connectivity index (χ1n) is 6.71. The van der Waals surface area contributed by atoms with E-state index in [0.29, 0.717) is 13.1 Å². The molecule has 0 saturated heterocycles. The highest BCUT2D eigenvalue weighted by molar-refractivity contribution is 5.81. The maximum Gasteiger partial charge on any atom is 0.153 e.